The van der Waals surface area contributed by atoms with E-state index in [1.54, 1.807) is 17.0 Å². The van der Waals surface area contributed by atoms with Gasteiger partial charge in [-0.15, -0.1) is 0 Å². The van der Waals surface area contributed by atoms with Gasteiger partial charge < -0.3 is 14.4 Å². The summed E-state index contributed by atoms with van der Waals surface area (Å²) in [7, 11) is 0. The highest BCUT2D eigenvalue weighted by Crippen LogP contribution is 2.26. The molecule has 2 heterocycles. The van der Waals surface area contributed by atoms with Crippen LogP contribution in [-0.4, -0.2) is 42.9 Å². The predicted molar refractivity (Wildman–Crippen MR) is 70.8 cm³/mol. The molecule has 0 aliphatic carbocycles. The molecule has 0 aromatic heterocycles. The Balaban J connectivity index is 1.80. The molecule has 2 fully saturated rings. The minimum Gasteiger partial charge on any atom is -0.348 e. The van der Waals surface area contributed by atoms with Gasteiger partial charge in [-0.25, -0.2) is 4.39 Å². The zero-order chi connectivity index (χ0) is 13.9. The molecule has 0 radical (unpaired) electrons. The first-order valence-corrected chi connectivity index (χ1v) is 7.05. The second kappa shape index (κ2) is 5.89. The highest BCUT2D eigenvalue weighted by Gasteiger charge is 2.36. The Morgan fingerprint density at radius 1 is 1.25 bits per heavy atom. The molecule has 1 atom stereocenters. The van der Waals surface area contributed by atoms with Crippen LogP contribution in [0.3, 0.4) is 0 Å². The number of carbonyl (C=O) groups is 1. The first-order chi connectivity index (χ1) is 9.75. The number of likely N-dealkylation sites (tertiary alicyclic amines) is 1. The Kier molecular flexibility index (Phi) is 3.98. The average Bonchev–Trinajstić information content (AvgIpc) is 3.00. The lowest BCUT2D eigenvalue weighted by molar-refractivity contribution is -0.100. The van der Waals surface area contributed by atoms with E-state index in [9.17, 15) is 9.18 Å². The smallest absolute Gasteiger partial charge is 0.254 e. The van der Waals surface area contributed by atoms with Crippen LogP contribution >= 0.6 is 0 Å². The lowest BCUT2D eigenvalue weighted by atomic mass is 10.00. The number of carbonyl (C=O) groups excluding carboxylic acids is 1. The lowest BCUT2D eigenvalue weighted by Gasteiger charge is -2.38. The van der Waals surface area contributed by atoms with Crippen LogP contribution in [0.4, 0.5) is 4.39 Å². The Bertz CT molecular complexity index is 488. The van der Waals surface area contributed by atoms with Gasteiger partial charge in [0, 0.05) is 12.1 Å². The van der Waals surface area contributed by atoms with Gasteiger partial charge in [0.1, 0.15) is 5.82 Å². The SMILES string of the molecule is O=C(c1cccc(F)c1)N1CCCC[C@@H]1C1OCCO1. The Labute approximate surface area is 117 Å². The number of halogens is 1. The average molecular weight is 279 g/mol. The zero-order valence-corrected chi connectivity index (χ0v) is 11.3. The number of piperidine rings is 1. The summed E-state index contributed by atoms with van der Waals surface area (Å²) in [6, 6.07) is 5.76. The van der Waals surface area contributed by atoms with E-state index in [1.165, 1.54) is 12.1 Å². The van der Waals surface area contributed by atoms with Gasteiger partial charge in [0.2, 0.25) is 0 Å². The van der Waals surface area contributed by atoms with Crippen molar-refractivity contribution in [1.29, 1.82) is 0 Å². The highest BCUT2D eigenvalue weighted by atomic mass is 19.1. The molecular formula is C15H18FNO3. The molecule has 2 aliphatic heterocycles. The van der Waals surface area contributed by atoms with Crippen LogP contribution in [-0.2, 0) is 9.47 Å². The third-order valence-corrected chi connectivity index (χ3v) is 3.84. The van der Waals surface area contributed by atoms with Crippen molar-refractivity contribution in [1.82, 2.24) is 4.90 Å². The number of hydrogen-bond donors (Lipinski definition) is 0. The number of ether oxygens (including phenoxy) is 2. The molecule has 0 N–H and O–H groups in total. The summed E-state index contributed by atoms with van der Waals surface area (Å²) in [4.78, 5) is 14.3. The summed E-state index contributed by atoms with van der Waals surface area (Å²) < 4.78 is 24.4. The summed E-state index contributed by atoms with van der Waals surface area (Å²) >= 11 is 0. The zero-order valence-electron chi connectivity index (χ0n) is 11.3. The fourth-order valence-corrected chi connectivity index (χ4v) is 2.88. The van der Waals surface area contributed by atoms with Crippen LogP contribution in [0.5, 0.6) is 0 Å². The molecule has 0 spiro atoms. The maximum Gasteiger partial charge on any atom is 0.254 e. The summed E-state index contributed by atoms with van der Waals surface area (Å²) in [6.45, 7) is 1.82. The largest absolute Gasteiger partial charge is 0.348 e. The monoisotopic (exact) mass is 279 g/mol. The van der Waals surface area contributed by atoms with Gasteiger partial charge in [0.15, 0.2) is 6.29 Å². The van der Waals surface area contributed by atoms with Crippen molar-refractivity contribution in [2.24, 2.45) is 0 Å². The third kappa shape index (κ3) is 2.69. The van der Waals surface area contributed by atoms with E-state index in [2.05, 4.69) is 0 Å². The molecule has 1 aromatic rings. The Morgan fingerprint density at radius 3 is 2.80 bits per heavy atom. The number of hydrogen-bond acceptors (Lipinski definition) is 3. The van der Waals surface area contributed by atoms with Crippen LogP contribution in [0, 0.1) is 5.82 Å². The van der Waals surface area contributed by atoms with Crippen molar-refractivity contribution in [3.05, 3.63) is 35.6 Å². The quantitative estimate of drug-likeness (QED) is 0.833. The lowest BCUT2D eigenvalue weighted by Crippen LogP contribution is -2.50. The van der Waals surface area contributed by atoms with Crippen LogP contribution in [0.1, 0.15) is 29.6 Å². The van der Waals surface area contributed by atoms with Gasteiger partial charge in [-0.05, 0) is 37.5 Å². The van der Waals surface area contributed by atoms with Gasteiger partial charge in [0.25, 0.3) is 5.91 Å². The van der Waals surface area contributed by atoms with E-state index in [0.717, 1.165) is 19.3 Å². The topological polar surface area (TPSA) is 38.8 Å². The Hall–Kier alpha value is -1.46. The fourth-order valence-electron chi connectivity index (χ4n) is 2.88. The van der Waals surface area contributed by atoms with Gasteiger partial charge in [-0.3, -0.25) is 4.79 Å². The van der Waals surface area contributed by atoms with Crippen LogP contribution in [0.25, 0.3) is 0 Å². The first-order valence-electron chi connectivity index (χ1n) is 7.05. The molecule has 4 nitrogen and oxygen atoms in total. The highest BCUT2D eigenvalue weighted by molar-refractivity contribution is 5.94. The van der Waals surface area contributed by atoms with Crippen molar-refractivity contribution in [3.63, 3.8) is 0 Å². The van der Waals surface area contributed by atoms with Crippen LogP contribution in [0.15, 0.2) is 24.3 Å². The van der Waals surface area contributed by atoms with Crippen molar-refractivity contribution in [2.75, 3.05) is 19.8 Å². The second-order valence-electron chi connectivity index (χ2n) is 5.18. The fraction of sp³-hybridized carbons (Fsp3) is 0.533. The minimum absolute atomic E-state index is 0.0676. The van der Waals surface area contributed by atoms with E-state index < -0.39 is 5.82 Å². The number of nitrogens with zero attached hydrogens (tertiary/aromatic N) is 1. The molecule has 2 saturated heterocycles. The summed E-state index contributed by atoms with van der Waals surface area (Å²) in [6.07, 6.45) is 2.55. The molecule has 108 valence electrons. The van der Waals surface area contributed by atoms with Gasteiger partial charge >= 0.3 is 0 Å². The van der Waals surface area contributed by atoms with E-state index >= 15 is 0 Å². The number of amides is 1. The van der Waals surface area contributed by atoms with Gasteiger partial charge in [-0.1, -0.05) is 6.07 Å². The molecule has 3 rings (SSSR count). The first kappa shape index (κ1) is 13.5. The van der Waals surface area contributed by atoms with Crippen LogP contribution in [0.2, 0.25) is 0 Å². The molecule has 1 amide bonds. The van der Waals surface area contributed by atoms with E-state index in [4.69, 9.17) is 9.47 Å². The molecule has 5 heteroatoms. The maximum atomic E-state index is 13.3. The van der Waals surface area contributed by atoms with Crippen LogP contribution < -0.4 is 0 Å². The third-order valence-electron chi connectivity index (χ3n) is 3.84. The number of rotatable bonds is 2. The van der Waals surface area contributed by atoms with E-state index in [1.807, 2.05) is 0 Å². The molecule has 1 aromatic carbocycles. The van der Waals surface area contributed by atoms with E-state index in [-0.39, 0.29) is 18.2 Å². The van der Waals surface area contributed by atoms with E-state index in [0.29, 0.717) is 25.3 Å². The predicted octanol–water partition coefficient (Wildman–Crippen LogP) is 2.19. The van der Waals surface area contributed by atoms with Crippen molar-refractivity contribution in [3.8, 4) is 0 Å². The summed E-state index contributed by atoms with van der Waals surface area (Å²) in [5.74, 6) is -0.536. The minimum atomic E-state index is -0.391. The van der Waals surface area contributed by atoms with Crippen molar-refractivity contribution in [2.45, 2.75) is 31.6 Å². The molecular weight excluding hydrogens is 261 g/mol. The van der Waals surface area contributed by atoms with Crippen molar-refractivity contribution < 1.29 is 18.7 Å². The summed E-state index contributed by atoms with van der Waals surface area (Å²) in [5.41, 5.74) is 0.384. The standard InChI is InChI=1S/C15H18FNO3/c16-12-5-3-4-11(10-12)14(18)17-7-2-1-6-13(17)15-19-8-9-20-15/h3-5,10,13,15H,1-2,6-9H2/t13-/m1/s1. The molecule has 0 unspecified atom stereocenters. The van der Waals surface area contributed by atoms with Gasteiger partial charge in [-0.2, -0.15) is 0 Å². The summed E-state index contributed by atoms with van der Waals surface area (Å²) in [5, 5.41) is 0. The normalized spacial score (nSPS) is 24.1. The molecule has 20 heavy (non-hydrogen) atoms. The number of benzene rings is 1. The molecule has 0 saturated carbocycles. The second-order valence-corrected chi connectivity index (χ2v) is 5.18. The Morgan fingerprint density at radius 2 is 2.05 bits per heavy atom. The molecule has 2 aliphatic rings. The molecule has 0 bridgehead atoms. The maximum absolute atomic E-state index is 13.3. The van der Waals surface area contributed by atoms with Gasteiger partial charge in [0.05, 0.1) is 19.3 Å². The van der Waals surface area contributed by atoms with Crippen molar-refractivity contribution >= 4 is 5.91 Å².